The third kappa shape index (κ3) is 3.60. The summed E-state index contributed by atoms with van der Waals surface area (Å²) in [5, 5.41) is 8.90. The van der Waals surface area contributed by atoms with Gasteiger partial charge in [-0.15, -0.1) is 0 Å². The van der Waals surface area contributed by atoms with Crippen molar-refractivity contribution in [1.82, 2.24) is 0 Å². The second-order valence-electron chi connectivity index (χ2n) is 4.64. The Balaban J connectivity index is 2.06. The van der Waals surface area contributed by atoms with Gasteiger partial charge in [0, 0.05) is 5.56 Å². The molecule has 2 aromatic rings. The van der Waals surface area contributed by atoms with Crippen LogP contribution in [0.25, 0.3) is 0 Å². The fourth-order valence-electron chi connectivity index (χ4n) is 1.87. The molecule has 0 aliphatic carbocycles. The van der Waals surface area contributed by atoms with Crippen LogP contribution in [0.1, 0.15) is 31.8 Å². The zero-order chi connectivity index (χ0) is 15.4. The van der Waals surface area contributed by atoms with Crippen molar-refractivity contribution in [3.8, 4) is 5.75 Å². The molecular formula is C16H15NO4. The summed E-state index contributed by atoms with van der Waals surface area (Å²) in [4.78, 5) is 21.8. The highest BCUT2D eigenvalue weighted by Gasteiger charge is 2.07. The van der Waals surface area contributed by atoms with E-state index in [1.54, 1.807) is 43.3 Å². The Labute approximate surface area is 122 Å². The van der Waals surface area contributed by atoms with Crippen molar-refractivity contribution in [2.75, 3.05) is 0 Å². The van der Waals surface area contributed by atoms with Crippen LogP contribution in [-0.2, 0) is 6.61 Å². The van der Waals surface area contributed by atoms with E-state index in [4.69, 9.17) is 15.6 Å². The number of carboxylic acid groups (broad SMARTS) is 1. The first kappa shape index (κ1) is 14.6. The summed E-state index contributed by atoms with van der Waals surface area (Å²) in [6.07, 6.45) is 0. The van der Waals surface area contributed by atoms with E-state index in [0.717, 1.165) is 11.1 Å². The molecule has 5 heteroatoms. The van der Waals surface area contributed by atoms with E-state index in [0.29, 0.717) is 17.9 Å². The van der Waals surface area contributed by atoms with Gasteiger partial charge in [0.2, 0.25) is 5.91 Å². The minimum atomic E-state index is -0.966. The fourth-order valence-corrected chi connectivity index (χ4v) is 1.87. The quantitative estimate of drug-likeness (QED) is 0.882. The number of primary amides is 1. The van der Waals surface area contributed by atoms with Crippen molar-refractivity contribution in [1.29, 1.82) is 0 Å². The van der Waals surface area contributed by atoms with Crippen LogP contribution < -0.4 is 10.5 Å². The molecule has 2 rings (SSSR count). The van der Waals surface area contributed by atoms with E-state index in [1.807, 2.05) is 0 Å². The highest BCUT2D eigenvalue weighted by Crippen LogP contribution is 2.20. The largest absolute Gasteiger partial charge is 0.489 e. The number of carbonyl (C=O) groups is 2. The van der Waals surface area contributed by atoms with Crippen LogP contribution >= 0.6 is 0 Å². The van der Waals surface area contributed by atoms with E-state index in [1.165, 1.54) is 6.07 Å². The average Bonchev–Trinajstić information content (AvgIpc) is 2.46. The molecule has 0 aliphatic rings. The topological polar surface area (TPSA) is 89.6 Å². The molecule has 0 saturated heterocycles. The number of aromatic carboxylic acids is 1. The number of rotatable bonds is 5. The molecule has 0 aromatic heterocycles. The molecule has 2 aromatic carbocycles. The van der Waals surface area contributed by atoms with Gasteiger partial charge in [-0.05, 0) is 48.4 Å². The number of amides is 1. The van der Waals surface area contributed by atoms with Crippen molar-refractivity contribution < 1.29 is 19.4 Å². The standard InChI is InChI=1S/C16H15NO4/c1-10-8-13(16(19)20)6-7-14(10)21-9-11-2-4-12(5-3-11)15(17)18/h2-8H,9H2,1H3,(H2,17,18)(H,19,20). The number of nitrogens with two attached hydrogens (primary N) is 1. The van der Waals surface area contributed by atoms with Gasteiger partial charge in [-0.2, -0.15) is 0 Å². The summed E-state index contributed by atoms with van der Waals surface area (Å²) in [5.74, 6) is -0.812. The van der Waals surface area contributed by atoms with Crippen molar-refractivity contribution in [2.45, 2.75) is 13.5 Å². The second kappa shape index (κ2) is 6.09. The van der Waals surface area contributed by atoms with Crippen molar-refractivity contribution in [3.63, 3.8) is 0 Å². The lowest BCUT2D eigenvalue weighted by molar-refractivity contribution is 0.0696. The van der Waals surface area contributed by atoms with Gasteiger partial charge in [0.25, 0.3) is 0 Å². The zero-order valence-electron chi connectivity index (χ0n) is 11.5. The van der Waals surface area contributed by atoms with Crippen LogP contribution in [0.3, 0.4) is 0 Å². The fraction of sp³-hybridized carbons (Fsp3) is 0.125. The molecule has 0 bridgehead atoms. The Morgan fingerprint density at radius 2 is 1.71 bits per heavy atom. The minimum absolute atomic E-state index is 0.227. The molecule has 0 saturated carbocycles. The first-order valence-electron chi connectivity index (χ1n) is 6.33. The predicted molar refractivity (Wildman–Crippen MR) is 77.4 cm³/mol. The van der Waals surface area contributed by atoms with Gasteiger partial charge in [0.05, 0.1) is 5.56 Å². The number of ether oxygens (including phenoxy) is 1. The van der Waals surface area contributed by atoms with E-state index >= 15 is 0 Å². The number of carbonyl (C=O) groups excluding carboxylic acids is 1. The number of aryl methyl sites for hydroxylation is 1. The van der Waals surface area contributed by atoms with Crippen LogP contribution in [0.4, 0.5) is 0 Å². The Hall–Kier alpha value is -2.82. The van der Waals surface area contributed by atoms with Crippen molar-refractivity contribution in [3.05, 3.63) is 64.7 Å². The van der Waals surface area contributed by atoms with E-state index in [-0.39, 0.29) is 5.56 Å². The minimum Gasteiger partial charge on any atom is -0.489 e. The molecule has 0 unspecified atom stereocenters. The first-order valence-corrected chi connectivity index (χ1v) is 6.33. The van der Waals surface area contributed by atoms with E-state index < -0.39 is 11.9 Å². The van der Waals surface area contributed by atoms with Crippen LogP contribution in [-0.4, -0.2) is 17.0 Å². The summed E-state index contributed by atoms with van der Waals surface area (Å²) in [6, 6.07) is 11.5. The highest BCUT2D eigenvalue weighted by atomic mass is 16.5. The Kier molecular flexibility index (Phi) is 4.23. The number of benzene rings is 2. The molecule has 108 valence electrons. The SMILES string of the molecule is Cc1cc(C(=O)O)ccc1OCc1ccc(C(N)=O)cc1. The average molecular weight is 285 g/mol. The molecule has 5 nitrogen and oxygen atoms in total. The Bertz CT molecular complexity index is 677. The predicted octanol–water partition coefficient (Wildman–Crippen LogP) is 2.37. The lowest BCUT2D eigenvalue weighted by Gasteiger charge is -2.10. The molecule has 21 heavy (non-hydrogen) atoms. The van der Waals surface area contributed by atoms with Crippen LogP contribution in [0.2, 0.25) is 0 Å². The van der Waals surface area contributed by atoms with Crippen molar-refractivity contribution in [2.24, 2.45) is 5.73 Å². The maximum atomic E-state index is 11.0. The van der Waals surface area contributed by atoms with Gasteiger partial charge < -0.3 is 15.6 Å². The van der Waals surface area contributed by atoms with Gasteiger partial charge in [-0.1, -0.05) is 12.1 Å². The van der Waals surface area contributed by atoms with Crippen molar-refractivity contribution >= 4 is 11.9 Å². The maximum Gasteiger partial charge on any atom is 0.335 e. The highest BCUT2D eigenvalue weighted by molar-refractivity contribution is 5.92. The number of carboxylic acids is 1. The second-order valence-corrected chi connectivity index (χ2v) is 4.64. The summed E-state index contributed by atoms with van der Waals surface area (Å²) >= 11 is 0. The summed E-state index contributed by atoms with van der Waals surface area (Å²) in [5.41, 5.74) is 7.49. The Morgan fingerprint density at radius 3 is 2.24 bits per heavy atom. The monoisotopic (exact) mass is 285 g/mol. The maximum absolute atomic E-state index is 11.0. The van der Waals surface area contributed by atoms with Crippen LogP contribution in [0, 0.1) is 6.92 Å². The van der Waals surface area contributed by atoms with Gasteiger partial charge in [-0.25, -0.2) is 4.79 Å². The third-order valence-corrected chi connectivity index (χ3v) is 3.05. The van der Waals surface area contributed by atoms with Crippen LogP contribution in [0.5, 0.6) is 5.75 Å². The molecule has 0 aliphatic heterocycles. The van der Waals surface area contributed by atoms with Crippen LogP contribution in [0.15, 0.2) is 42.5 Å². The Morgan fingerprint density at radius 1 is 1.10 bits per heavy atom. The van der Waals surface area contributed by atoms with Gasteiger partial charge in [-0.3, -0.25) is 4.79 Å². The lowest BCUT2D eigenvalue weighted by atomic mass is 10.1. The van der Waals surface area contributed by atoms with Gasteiger partial charge >= 0.3 is 5.97 Å². The third-order valence-electron chi connectivity index (χ3n) is 3.05. The van der Waals surface area contributed by atoms with Gasteiger partial charge in [0.1, 0.15) is 12.4 Å². The first-order chi connectivity index (χ1) is 9.97. The molecule has 0 spiro atoms. The molecule has 0 atom stereocenters. The molecule has 0 radical (unpaired) electrons. The molecule has 0 fully saturated rings. The normalized spacial score (nSPS) is 10.1. The molecular weight excluding hydrogens is 270 g/mol. The zero-order valence-corrected chi connectivity index (χ0v) is 11.5. The summed E-state index contributed by atoms with van der Waals surface area (Å²) in [6.45, 7) is 2.12. The summed E-state index contributed by atoms with van der Waals surface area (Å²) < 4.78 is 5.65. The smallest absolute Gasteiger partial charge is 0.335 e. The molecule has 3 N–H and O–H groups in total. The van der Waals surface area contributed by atoms with Gasteiger partial charge in [0.15, 0.2) is 0 Å². The number of hydrogen-bond donors (Lipinski definition) is 2. The van der Waals surface area contributed by atoms with E-state index in [2.05, 4.69) is 0 Å². The lowest BCUT2D eigenvalue weighted by Crippen LogP contribution is -2.10. The molecule has 1 amide bonds. The summed E-state index contributed by atoms with van der Waals surface area (Å²) in [7, 11) is 0. The van der Waals surface area contributed by atoms with E-state index in [9.17, 15) is 9.59 Å². The number of hydrogen-bond acceptors (Lipinski definition) is 3. The molecule has 0 heterocycles.